The summed E-state index contributed by atoms with van der Waals surface area (Å²) in [5, 5.41) is 9.21. The number of anilines is 1. The molecule has 0 unspecified atom stereocenters. The van der Waals surface area contributed by atoms with Crippen LogP contribution in [0.2, 0.25) is 0 Å². The Kier molecular flexibility index (Phi) is 5.90. The number of para-hydroxylation sites is 1. The van der Waals surface area contributed by atoms with Crippen LogP contribution in [0.5, 0.6) is 0 Å². The zero-order chi connectivity index (χ0) is 20.9. The van der Waals surface area contributed by atoms with Crippen LogP contribution in [0.25, 0.3) is 17.1 Å². The highest BCUT2D eigenvalue weighted by atomic mass is 32.2. The molecule has 0 saturated heterocycles. The largest absolute Gasteiger partial charge is 0.315 e. The lowest BCUT2D eigenvalue weighted by atomic mass is 10.2. The third-order valence-corrected chi connectivity index (χ3v) is 5.51. The van der Waals surface area contributed by atoms with E-state index in [9.17, 15) is 9.18 Å². The van der Waals surface area contributed by atoms with Gasteiger partial charge >= 0.3 is 0 Å². The van der Waals surface area contributed by atoms with Gasteiger partial charge in [0.05, 0.1) is 5.75 Å². The molecule has 0 aliphatic heterocycles. The van der Waals surface area contributed by atoms with Gasteiger partial charge in [-0.3, -0.25) is 9.36 Å². The number of hydrogen-bond donors (Lipinski definition) is 0. The lowest BCUT2D eigenvalue weighted by Gasteiger charge is -2.17. The molecular weight excluding hydrogens is 399 g/mol. The number of carbonyl (C=O) groups is 1. The zero-order valence-corrected chi connectivity index (χ0v) is 17.1. The smallest absolute Gasteiger partial charge is 0.237 e. The van der Waals surface area contributed by atoms with Gasteiger partial charge in [-0.05, 0) is 36.4 Å². The second-order valence-corrected chi connectivity index (χ2v) is 7.50. The summed E-state index contributed by atoms with van der Waals surface area (Å²) < 4.78 is 15.3. The molecule has 0 radical (unpaired) electrons. The van der Waals surface area contributed by atoms with E-state index in [2.05, 4.69) is 10.2 Å². The number of benzene rings is 3. The van der Waals surface area contributed by atoms with E-state index in [1.807, 2.05) is 65.2 Å². The summed E-state index contributed by atoms with van der Waals surface area (Å²) in [6.45, 7) is 0. The van der Waals surface area contributed by atoms with Crippen molar-refractivity contribution in [1.29, 1.82) is 0 Å². The molecule has 150 valence electrons. The molecule has 5 nitrogen and oxygen atoms in total. The maximum atomic E-state index is 13.5. The summed E-state index contributed by atoms with van der Waals surface area (Å²) in [5.74, 6) is 0.455. The first kappa shape index (κ1) is 19.8. The van der Waals surface area contributed by atoms with E-state index in [0.29, 0.717) is 11.0 Å². The number of thioether (sulfide) groups is 1. The standard InChI is InChI=1S/C23H19FN4OS/c1-27(19-10-6-3-7-11-19)21(29)16-30-23-26-25-22(17-8-4-2-5-9-17)28(23)20-14-12-18(24)13-15-20/h2-15H,16H2,1H3. The molecule has 0 spiro atoms. The van der Waals surface area contributed by atoms with Gasteiger partial charge in [0.25, 0.3) is 0 Å². The summed E-state index contributed by atoms with van der Waals surface area (Å²) in [6.07, 6.45) is 0. The molecule has 4 rings (SSSR count). The van der Waals surface area contributed by atoms with E-state index in [0.717, 1.165) is 16.9 Å². The van der Waals surface area contributed by atoms with E-state index in [-0.39, 0.29) is 17.5 Å². The average Bonchev–Trinajstić information content (AvgIpc) is 3.22. The maximum Gasteiger partial charge on any atom is 0.237 e. The molecule has 4 aromatic rings. The highest BCUT2D eigenvalue weighted by molar-refractivity contribution is 7.99. The summed E-state index contributed by atoms with van der Waals surface area (Å²) in [5.41, 5.74) is 2.44. The predicted molar refractivity (Wildman–Crippen MR) is 117 cm³/mol. The average molecular weight is 418 g/mol. The fourth-order valence-corrected chi connectivity index (χ4v) is 3.84. The second kappa shape index (κ2) is 8.92. The van der Waals surface area contributed by atoms with Gasteiger partial charge in [-0.25, -0.2) is 4.39 Å². The number of rotatable bonds is 6. The minimum absolute atomic E-state index is 0.0545. The minimum Gasteiger partial charge on any atom is -0.315 e. The van der Waals surface area contributed by atoms with Crippen molar-refractivity contribution in [3.8, 4) is 17.1 Å². The van der Waals surface area contributed by atoms with Crippen LogP contribution < -0.4 is 4.90 Å². The van der Waals surface area contributed by atoms with E-state index in [1.54, 1.807) is 24.1 Å². The molecule has 30 heavy (non-hydrogen) atoms. The Labute approximate surface area is 178 Å². The second-order valence-electron chi connectivity index (χ2n) is 6.56. The van der Waals surface area contributed by atoms with E-state index in [4.69, 9.17) is 0 Å². The van der Waals surface area contributed by atoms with Crippen molar-refractivity contribution in [2.24, 2.45) is 0 Å². The van der Waals surface area contributed by atoms with Crippen molar-refractivity contribution < 1.29 is 9.18 Å². The first-order valence-corrected chi connectivity index (χ1v) is 10.3. The molecule has 0 N–H and O–H groups in total. The molecule has 7 heteroatoms. The van der Waals surface area contributed by atoms with Crippen molar-refractivity contribution >= 4 is 23.4 Å². The van der Waals surface area contributed by atoms with Crippen LogP contribution in [0.15, 0.2) is 90.1 Å². The number of hydrogen-bond acceptors (Lipinski definition) is 4. The molecule has 1 aromatic heterocycles. The third kappa shape index (κ3) is 4.26. The van der Waals surface area contributed by atoms with E-state index < -0.39 is 0 Å². The van der Waals surface area contributed by atoms with Crippen LogP contribution in [0.1, 0.15) is 0 Å². The van der Waals surface area contributed by atoms with Crippen LogP contribution in [-0.4, -0.2) is 33.5 Å². The Morgan fingerprint density at radius 1 is 0.933 bits per heavy atom. The van der Waals surface area contributed by atoms with Crippen molar-refractivity contribution in [3.05, 3.63) is 90.7 Å². The van der Waals surface area contributed by atoms with Crippen LogP contribution in [0.3, 0.4) is 0 Å². The molecule has 0 fully saturated rings. The minimum atomic E-state index is -0.318. The van der Waals surface area contributed by atoms with Gasteiger partial charge in [-0.1, -0.05) is 60.3 Å². The van der Waals surface area contributed by atoms with Crippen LogP contribution in [0, 0.1) is 5.82 Å². The summed E-state index contributed by atoms with van der Waals surface area (Å²) in [6, 6.07) is 25.2. The van der Waals surface area contributed by atoms with Gasteiger partial charge in [0.15, 0.2) is 11.0 Å². The Morgan fingerprint density at radius 3 is 2.23 bits per heavy atom. The molecule has 1 amide bonds. The molecule has 0 aliphatic carbocycles. The molecule has 0 bridgehead atoms. The normalized spacial score (nSPS) is 10.7. The Balaban J connectivity index is 1.62. The first-order valence-electron chi connectivity index (χ1n) is 9.34. The monoisotopic (exact) mass is 418 g/mol. The number of halogens is 1. The number of aromatic nitrogens is 3. The topological polar surface area (TPSA) is 51.0 Å². The van der Waals surface area contributed by atoms with Gasteiger partial charge in [0, 0.05) is 24.0 Å². The van der Waals surface area contributed by atoms with E-state index >= 15 is 0 Å². The first-order chi connectivity index (χ1) is 14.6. The summed E-state index contributed by atoms with van der Waals surface area (Å²) in [4.78, 5) is 14.3. The molecule has 0 aliphatic rings. The fraction of sp³-hybridized carbons (Fsp3) is 0.0870. The molecule has 1 heterocycles. The van der Waals surface area contributed by atoms with Crippen LogP contribution >= 0.6 is 11.8 Å². The van der Waals surface area contributed by atoms with Gasteiger partial charge in [0.1, 0.15) is 5.82 Å². The molecular formula is C23H19FN4OS. The zero-order valence-electron chi connectivity index (χ0n) is 16.3. The Hall–Kier alpha value is -3.45. The van der Waals surface area contributed by atoms with Crippen molar-refractivity contribution in [3.63, 3.8) is 0 Å². The van der Waals surface area contributed by atoms with Gasteiger partial charge < -0.3 is 4.90 Å². The van der Waals surface area contributed by atoms with E-state index in [1.165, 1.54) is 23.9 Å². The molecule has 3 aromatic carbocycles. The maximum absolute atomic E-state index is 13.5. The lowest BCUT2D eigenvalue weighted by Crippen LogP contribution is -2.27. The van der Waals surface area contributed by atoms with Gasteiger partial charge in [-0.2, -0.15) is 0 Å². The SMILES string of the molecule is CN(C(=O)CSc1nnc(-c2ccccc2)n1-c1ccc(F)cc1)c1ccccc1. The summed E-state index contributed by atoms with van der Waals surface area (Å²) in [7, 11) is 1.75. The van der Waals surface area contributed by atoms with Crippen molar-refractivity contribution in [1.82, 2.24) is 14.8 Å². The fourth-order valence-electron chi connectivity index (χ4n) is 2.98. The van der Waals surface area contributed by atoms with Crippen molar-refractivity contribution in [2.45, 2.75) is 5.16 Å². The molecule has 0 saturated carbocycles. The Bertz CT molecular complexity index is 1130. The highest BCUT2D eigenvalue weighted by Gasteiger charge is 2.19. The van der Waals surface area contributed by atoms with Crippen LogP contribution in [0.4, 0.5) is 10.1 Å². The highest BCUT2D eigenvalue weighted by Crippen LogP contribution is 2.28. The van der Waals surface area contributed by atoms with Gasteiger partial charge in [0.2, 0.25) is 5.91 Å². The molecule has 0 atom stereocenters. The summed E-state index contributed by atoms with van der Waals surface area (Å²) >= 11 is 1.30. The van der Waals surface area contributed by atoms with Crippen LogP contribution in [-0.2, 0) is 4.79 Å². The Morgan fingerprint density at radius 2 is 1.57 bits per heavy atom. The number of amides is 1. The van der Waals surface area contributed by atoms with Gasteiger partial charge in [-0.15, -0.1) is 10.2 Å². The quantitative estimate of drug-likeness (QED) is 0.421. The lowest BCUT2D eigenvalue weighted by molar-refractivity contribution is -0.115. The number of nitrogens with zero attached hydrogens (tertiary/aromatic N) is 4. The third-order valence-electron chi connectivity index (χ3n) is 4.59. The predicted octanol–water partition coefficient (Wildman–Crippen LogP) is 4.83. The van der Waals surface area contributed by atoms with Crippen molar-refractivity contribution in [2.75, 3.05) is 17.7 Å². The number of carbonyl (C=O) groups excluding carboxylic acids is 1.